The van der Waals surface area contributed by atoms with Gasteiger partial charge in [0, 0.05) is 33.6 Å². The highest BCUT2D eigenvalue weighted by molar-refractivity contribution is 9.10. The molecule has 3 nitrogen and oxygen atoms in total. The largest absolute Gasteiger partial charge is 0.333 e. The Morgan fingerprint density at radius 2 is 2.29 bits per heavy atom. The van der Waals surface area contributed by atoms with Crippen molar-refractivity contribution in [2.24, 2.45) is 0 Å². The summed E-state index contributed by atoms with van der Waals surface area (Å²) in [7, 11) is 0. The molecular formula is C15H16BrN3S2. The first-order chi connectivity index (χ1) is 10.2. The second-order valence-corrected chi connectivity index (χ2v) is 7.81. The molecule has 0 atom stereocenters. The van der Waals surface area contributed by atoms with Gasteiger partial charge in [0.1, 0.15) is 0 Å². The van der Waals surface area contributed by atoms with Gasteiger partial charge in [-0.3, -0.25) is 0 Å². The number of hydrogen-bond acceptors (Lipinski definition) is 4. The van der Waals surface area contributed by atoms with Crippen molar-refractivity contribution in [1.29, 1.82) is 0 Å². The van der Waals surface area contributed by atoms with Crippen LogP contribution < -0.4 is 5.32 Å². The summed E-state index contributed by atoms with van der Waals surface area (Å²) in [4.78, 5) is 9.31. The summed E-state index contributed by atoms with van der Waals surface area (Å²) in [6.45, 7) is 3.99. The van der Waals surface area contributed by atoms with Crippen molar-refractivity contribution in [2.45, 2.75) is 18.6 Å². The van der Waals surface area contributed by atoms with Crippen molar-refractivity contribution in [3.63, 3.8) is 0 Å². The van der Waals surface area contributed by atoms with Crippen LogP contribution in [0.2, 0.25) is 0 Å². The van der Waals surface area contributed by atoms with Gasteiger partial charge in [-0.2, -0.15) is 0 Å². The van der Waals surface area contributed by atoms with Gasteiger partial charge in [-0.15, -0.1) is 11.3 Å². The minimum Gasteiger partial charge on any atom is -0.333 e. The number of benzene rings is 1. The lowest BCUT2D eigenvalue weighted by Crippen LogP contribution is -2.15. The molecule has 0 aliphatic rings. The number of hydrogen-bond donors (Lipinski definition) is 2. The molecule has 21 heavy (non-hydrogen) atoms. The van der Waals surface area contributed by atoms with Crippen molar-refractivity contribution < 1.29 is 0 Å². The molecular weight excluding hydrogens is 366 g/mol. The molecule has 6 heteroatoms. The second-order valence-electron chi connectivity index (χ2n) is 4.82. The Balaban J connectivity index is 1.46. The van der Waals surface area contributed by atoms with Crippen LogP contribution in [-0.2, 0) is 6.54 Å². The molecule has 0 saturated heterocycles. The first kappa shape index (κ1) is 15.1. The molecule has 2 aromatic heterocycles. The second kappa shape index (κ2) is 6.96. The van der Waals surface area contributed by atoms with Gasteiger partial charge in [0.15, 0.2) is 5.16 Å². The van der Waals surface area contributed by atoms with Gasteiger partial charge in [-0.25, -0.2) is 4.98 Å². The summed E-state index contributed by atoms with van der Waals surface area (Å²) in [5.74, 6) is 1.01. The van der Waals surface area contributed by atoms with Crippen LogP contribution in [0.3, 0.4) is 0 Å². The van der Waals surface area contributed by atoms with Crippen molar-refractivity contribution >= 4 is 50.1 Å². The van der Waals surface area contributed by atoms with Crippen molar-refractivity contribution in [2.75, 3.05) is 12.3 Å². The summed E-state index contributed by atoms with van der Waals surface area (Å²) >= 11 is 7.00. The summed E-state index contributed by atoms with van der Waals surface area (Å²) in [5.41, 5.74) is 3.42. The quantitative estimate of drug-likeness (QED) is 0.484. The number of imidazole rings is 1. The van der Waals surface area contributed by atoms with Crippen LogP contribution in [-0.4, -0.2) is 22.3 Å². The SMILES string of the molecule is Cc1ccc2nc(SCCNCc3cc(Br)cs3)[nH]c2c1. The molecule has 0 fully saturated rings. The Morgan fingerprint density at radius 1 is 1.38 bits per heavy atom. The van der Waals surface area contributed by atoms with E-state index in [4.69, 9.17) is 0 Å². The number of thioether (sulfide) groups is 1. The third-order valence-corrected chi connectivity index (χ3v) is 5.63. The molecule has 3 aromatic rings. The van der Waals surface area contributed by atoms with E-state index in [-0.39, 0.29) is 0 Å². The highest BCUT2D eigenvalue weighted by Crippen LogP contribution is 2.21. The number of halogens is 1. The van der Waals surface area contributed by atoms with Gasteiger partial charge in [-0.1, -0.05) is 17.8 Å². The van der Waals surface area contributed by atoms with Crippen LogP contribution in [0.5, 0.6) is 0 Å². The van der Waals surface area contributed by atoms with Crippen molar-refractivity contribution in [1.82, 2.24) is 15.3 Å². The van der Waals surface area contributed by atoms with Gasteiger partial charge >= 0.3 is 0 Å². The van der Waals surface area contributed by atoms with Crippen molar-refractivity contribution in [3.8, 4) is 0 Å². The third-order valence-electron chi connectivity index (χ3n) is 3.05. The number of nitrogens with one attached hydrogen (secondary N) is 2. The van der Waals surface area contributed by atoms with E-state index < -0.39 is 0 Å². The zero-order valence-electron chi connectivity index (χ0n) is 11.6. The van der Waals surface area contributed by atoms with E-state index in [1.807, 2.05) is 0 Å². The highest BCUT2D eigenvalue weighted by Gasteiger charge is 2.03. The predicted octanol–water partition coefficient (Wildman–Crippen LogP) is 4.58. The van der Waals surface area contributed by atoms with Gasteiger partial charge in [0.25, 0.3) is 0 Å². The molecule has 1 aromatic carbocycles. The lowest BCUT2D eigenvalue weighted by molar-refractivity contribution is 0.740. The van der Waals surface area contributed by atoms with Crippen LogP contribution >= 0.6 is 39.0 Å². The summed E-state index contributed by atoms with van der Waals surface area (Å²) in [6, 6.07) is 8.46. The molecule has 0 unspecified atom stereocenters. The Morgan fingerprint density at radius 3 is 3.10 bits per heavy atom. The highest BCUT2D eigenvalue weighted by atomic mass is 79.9. The van der Waals surface area contributed by atoms with E-state index in [2.05, 4.69) is 67.8 Å². The van der Waals surface area contributed by atoms with Gasteiger partial charge < -0.3 is 10.3 Å². The molecule has 0 aliphatic carbocycles. The normalized spacial score (nSPS) is 11.3. The molecule has 110 valence electrons. The van der Waals surface area contributed by atoms with Crippen LogP contribution in [0.1, 0.15) is 10.4 Å². The fraction of sp³-hybridized carbons (Fsp3) is 0.267. The molecule has 3 rings (SSSR count). The fourth-order valence-electron chi connectivity index (χ4n) is 2.05. The maximum atomic E-state index is 4.59. The number of nitrogens with zero attached hydrogens (tertiary/aromatic N) is 1. The molecule has 0 bridgehead atoms. The number of aryl methyl sites for hydroxylation is 1. The van der Waals surface area contributed by atoms with E-state index in [9.17, 15) is 0 Å². The van der Waals surface area contributed by atoms with Gasteiger partial charge in [0.05, 0.1) is 11.0 Å². The Hall–Kier alpha value is -0.820. The number of fused-ring (bicyclic) bond motifs is 1. The van der Waals surface area contributed by atoms with E-state index in [0.717, 1.165) is 39.5 Å². The van der Waals surface area contributed by atoms with Crippen LogP contribution in [0.15, 0.2) is 39.3 Å². The maximum absolute atomic E-state index is 4.59. The van der Waals surface area contributed by atoms with E-state index in [1.165, 1.54) is 10.4 Å². The Kier molecular flexibility index (Phi) is 5.00. The number of thiophene rings is 1. The van der Waals surface area contributed by atoms with Crippen LogP contribution in [0.4, 0.5) is 0 Å². The van der Waals surface area contributed by atoms with E-state index >= 15 is 0 Å². The van der Waals surface area contributed by atoms with Crippen LogP contribution in [0.25, 0.3) is 11.0 Å². The molecule has 0 saturated carbocycles. The number of aromatic amines is 1. The summed E-state index contributed by atoms with van der Waals surface area (Å²) in [5, 5.41) is 6.57. The first-order valence-corrected chi connectivity index (χ1v) is 9.39. The monoisotopic (exact) mass is 381 g/mol. The van der Waals surface area contributed by atoms with E-state index in [0.29, 0.717) is 0 Å². The van der Waals surface area contributed by atoms with Crippen molar-refractivity contribution in [3.05, 3.63) is 44.6 Å². The van der Waals surface area contributed by atoms with Crippen LogP contribution in [0, 0.1) is 6.92 Å². The molecule has 0 spiro atoms. The average molecular weight is 382 g/mol. The van der Waals surface area contributed by atoms with E-state index in [1.54, 1.807) is 23.1 Å². The Labute approximate surface area is 140 Å². The minimum absolute atomic E-state index is 0.927. The zero-order valence-corrected chi connectivity index (χ0v) is 14.9. The standard InChI is InChI=1S/C15H16BrN3S2/c1-10-2-3-13-14(6-10)19-15(18-13)20-5-4-17-8-12-7-11(16)9-21-12/h2-3,6-7,9,17H,4-5,8H2,1H3,(H,18,19). The maximum Gasteiger partial charge on any atom is 0.166 e. The molecule has 2 heterocycles. The van der Waals surface area contributed by atoms with Gasteiger partial charge in [0.2, 0.25) is 0 Å². The molecule has 0 radical (unpaired) electrons. The smallest absolute Gasteiger partial charge is 0.166 e. The molecule has 2 N–H and O–H groups in total. The molecule has 0 aliphatic heterocycles. The lowest BCUT2D eigenvalue weighted by atomic mass is 10.2. The summed E-state index contributed by atoms with van der Waals surface area (Å²) in [6.07, 6.45) is 0. The first-order valence-electron chi connectivity index (χ1n) is 6.73. The topological polar surface area (TPSA) is 40.7 Å². The van der Waals surface area contributed by atoms with Gasteiger partial charge in [-0.05, 0) is 46.6 Å². The Bertz CT molecular complexity index is 735. The molecule has 0 amide bonds. The zero-order chi connectivity index (χ0) is 14.7. The number of rotatable bonds is 6. The number of aromatic nitrogens is 2. The third kappa shape index (κ3) is 4.10. The summed E-state index contributed by atoms with van der Waals surface area (Å²) < 4.78 is 1.16. The average Bonchev–Trinajstić information content (AvgIpc) is 3.04. The lowest BCUT2D eigenvalue weighted by Gasteiger charge is -2.01. The fourth-order valence-corrected chi connectivity index (χ4v) is 4.25. The predicted molar refractivity (Wildman–Crippen MR) is 95.3 cm³/mol. The minimum atomic E-state index is 0.927. The number of H-pyrrole nitrogens is 1.